The minimum absolute atomic E-state index is 0.206. The van der Waals surface area contributed by atoms with E-state index in [-0.39, 0.29) is 17.3 Å². The molecule has 0 saturated heterocycles. The Labute approximate surface area is 277 Å². The molecule has 0 radical (unpaired) electrons. The molecule has 0 aliphatic heterocycles. The van der Waals surface area contributed by atoms with Crippen LogP contribution in [-0.2, 0) is 6.61 Å². The molecule has 1 heterocycles. The lowest BCUT2D eigenvalue weighted by Crippen LogP contribution is -2.21. The second-order valence-corrected chi connectivity index (χ2v) is 12.7. The SMILES string of the molecule is CCOc1cc(C)c(-c2nc3ccccc3c(=O)n2N=Cc2cc(I)c(OCc3ccc(F)cc3)c(I)c2)cc1C(C)C. The highest BCUT2D eigenvalue weighted by molar-refractivity contribution is 14.1. The van der Waals surface area contributed by atoms with Crippen LogP contribution >= 0.6 is 45.2 Å². The molecular weight excluding hydrogens is 771 g/mol. The normalized spacial score (nSPS) is 11.5. The number of para-hydroxylation sites is 1. The Morgan fingerprint density at radius 3 is 2.37 bits per heavy atom. The zero-order chi connectivity index (χ0) is 30.7. The minimum atomic E-state index is -0.279. The van der Waals surface area contributed by atoms with Gasteiger partial charge in [0.15, 0.2) is 5.82 Å². The van der Waals surface area contributed by atoms with E-state index >= 15 is 0 Å². The smallest absolute Gasteiger partial charge is 0.282 e. The average Bonchev–Trinajstić information content (AvgIpc) is 2.97. The van der Waals surface area contributed by atoms with Crippen molar-refractivity contribution in [1.29, 1.82) is 0 Å². The highest BCUT2D eigenvalue weighted by Crippen LogP contribution is 2.34. The van der Waals surface area contributed by atoms with E-state index in [0.717, 1.165) is 46.5 Å². The lowest BCUT2D eigenvalue weighted by atomic mass is 9.96. The van der Waals surface area contributed by atoms with Gasteiger partial charge in [-0.2, -0.15) is 9.78 Å². The summed E-state index contributed by atoms with van der Waals surface area (Å²) in [6.07, 6.45) is 1.67. The van der Waals surface area contributed by atoms with Crippen molar-refractivity contribution in [3.8, 4) is 22.9 Å². The summed E-state index contributed by atoms with van der Waals surface area (Å²) in [4.78, 5) is 18.7. The third-order valence-electron chi connectivity index (χ3n) is 6.91. The van der Waals surface area contributed by atoms with Crippen LogP contribution in [0.25, 0.3) is 22.3 Å². The van der Waals surface area contributed by atoms with Crippen LogP contribution in [0.4, 0.5) is 4.39 Å². The van der Waals surface area contributed by atoms with Gasteiger partial charge in [-0.15, -0.1) is 0 Å². The van der Waals surface area contributed by atoms with Crippen LogP contribution in [0.5, 0.6) is 11.5 Å². The van der Waals surface area contributed by atoms with Gasteiger partial charge in [-0.1, -0.05) is 38.1 Å². The van der Waals surface area contributed by atoms with Crippen molar-refractivity contribution >= 4 is 62.3 Å². The molecule has 0 atom stereocenters. The number of aryl methyl sites for hydroxylation is 1. The maximum Gasteiger partial charge on any atom is 0.282 e. The Morgan fingerprint density at radius 1 is 1.00 bits per heavy atom. The van der Waals surface area contributed by atoms with Crippen LogP contribution < -0.4 is 15.0 Å². The van der Waals surface area contributed by atoms with E-state index in [1.54, 1.807) is 24.4 Å². The molecule has 9 heteroatoms. The van der Waals surface area contributed by atoms with E-state index in [9.17, 15) is 9.18 Å². The van der Waals surface area contributed by atoms with Crippen molar-refractivity contribution in [3.05, 3.63) is 118 Å². The number of nitrogens with zero attached hydrogens (tertiary/aromatic N) is 3. The largest absolute Gasteiger partial charge is 0.494 e. The molecule has 1 aromatic heterocycles. The van der Waals surface area contributed by atoms with Crippen LogP contribution in [0.3, 0.4) is 0 Å². The summed E-state index contributed by atoms with van der Waals surface area (Å²) in [5.74, 6) is 1.96. The summed E-state index contributed by atoms with van der Waals surface area (Å²) in [7, 11) is 0. The van der Waals surface area contributed by atoms with Crippen LogP contribution in [0, 0.1) is 19.9 Å². The second kappa shape index (κ2) is 13.5. The van der Waals surface area contributed by atoms with Gasteiger partial charge in [0.25, 0.3) is 5.56 Å². The number of rotatable bonds is 9. The molecule has 0 aliphatic rings. The molecule has 0 spiro atoms. The predicted octanol–water partition coefficient (Wildman–Crippen LogP) is 8.70. The van der Waals surface area contributed by atoms with E-state index < -0.39 is 0 Å². The van der Waals surface area contributed by atoms with Gasteiger partial charge in [0, 0.05) is 5.56 Å². The first-order chi connectivity index (χ1) is 20.7. The van der Waals surface area contributed by atoms with Crippen molar-refractivity contribution in [2.45, 2.75) is 40.2 Å². The third kappa shape index (κ3) is 6.93. The zero-order valence-corrected chi connectivity index (χ0v) is 28.5. The molecule has 0 amide bonds. The van der Waals surface area contributed by atoms with Crippen LogP contribution in [0.15, 0.2) is 82.7 Å². The fourth-order valence-electron chi connectivity index (χ4n) is 4.73. The van der Waals surface area contributed by atoms with Crippen molar-refractivity contribution in [3.63, 3.8) is 0 Å². The van der Waals surface area contributed by atoms with Crippen molar-refractivity contribution in [2.75, 3.05) is 6.61 Å². The maximum atomic E-state index is 13.8. The van der Waals surface area contributed by atoms with Gasteiger partial charge in [-0.3, -0.25) is 4.79 Å². The van der Waals surface area contributed by atoms with E-state index in [2.05, 4.69) is 65.1 Å². The molecule has 0 saturated carbocycles. The molecule has 0 N–H and O–H groups in total. The van der Waals surface area contributed by atoms with Gasteiger partial charge in [-0.25, -0.2) is 9.37 Å². The number of hydrogen-bond donors (Lipinski definition) is 0. The maximum absolute atomic E-state index is 13.8. The first-order valence-electron chi connectivity index (χ1n) is 13.9. The summed E-state index contributed by atoms with van der Waals surface area (Å²) in [5, 5.41) is 5.18. The third-order valence-corrected chi connectivity index (χ3v) is 8.52. The molecule has 6 nitrogen and oxygen atoms in total. The Hall–Kier alpha value is -3.32. The minimum Gasteiger partial charge on any atom is -0.494 e. The van der Waals surface area contributed by atoms with Gasteiger partial charge >= 0.3 is 0 Å². The molecular formula is C34H30FI2N3O3. The summed E-state index contributed by atoms with van der Waals surface area (Å²) in [6.45, 7) is 9.08. The molecule has 220 valence electrons. The fourth-order valence-corrected chi connectivity index (χ4v) is 6.86. The monoisotopic (exact) mass is 801 g/mol. The van der Waals surface area contributed by atoms with Gasteiger partial charge in [-0.05, 0) is 136 Å². The Balaban J connectivity index is 1.56. The van der Waals surface area contributed by atoms with Crippen LogP contribution in [-0.4, -0.2) is 22.5 Å². The van der Waals surface area contributed by atoms with Gasteiger partial charge < -0.3 is 9.47 Å². The lowest BCUT2D eigenvalue weighted by Gasteiger charge is -2.18. The summed E-state index contributed by atoms with van der Waals surface area (Å²) in [5.41, 5.74) is 4.84. The second-order valence-electron chi connectivity index (χ2n) is 10.3. The number of halogens is 3. The Morgan fingerprint density at radius 2 is 1.70 bits per heavy atom. The average molecular weight is 801 g/mol. The highest BCUT2D eigenvalue weighted by Gasteiger charge is 2.19. The predicted molar refractivity (Wildman–Crippen MR) is 187 cm³/mol. The summed E-state index contributed by atoms with van der Waals surface area (Å²) in [6, 6.07) is 21.5. The summed E-state index contributed by atoms with van der Waals surface area (Å²) < 4.78 is 28.4. The number of aromatic nitrogens is 2. The topological polar surface area (TPSA) is 65.7 Å². The van der Waals surface area contributed by atoms with Gasteiger partial charge in [0.1, 0.15) is 23.9 Å². The quantitative estimate of drug-likeness (QED) is 0.111. The number of hydrogen-bond acceptors (Lipinski definition) is 5. The number of fused-ring (bicyclic) bond motifs is 1. The lowest BCUT2D eigenvalue weighted by molar-refractivity contribution is 0.301. The van der Waals surface area contributed by atoms with Gasteiger partial charge in [0.05, 0.1) is 30.9 Å². The molecule has 0 bridgehead atoms. The van der Waals surface area contributed by atoms with E-state index in [4.69, 9.17) is 19.6 Å². The van der Waals surface area contributed by atoms with E-state index in [0.29, 0.717) is 29.9 Å². The number of benzene rings is 4. The van der Waals surface area contributed by atoms with Crippen molar-refractivity contribution in [2.24, 2.45) is 5.10 Å². The molecule has 0 fully saturated rings. The summed E-state index contributed by atoms with van der Waals surface area (Å²) >= 11 is 4.46. The highest BCUT2D eigenvalue weighted by atomic mass is 127. The Kier molecular flexibility index (Phi) is 9.80. The first-order valence-corrected chi connectivity index (χ1v) is 16.0. The number of ether oxygens (including phenoxy) is 2. The van der Waals surface area contributed by atoms with E-state index in [1.165, 1.54) is 16.8 Å². The zero-order valence-electron chi connectivity index (χ0n) is 24.2. The van der Waals surface area contributed by atoms with E-state index in [1.807, 2.05) is 50.2 Å². The van der Waals surface area contributed by atoms with Crippen LogP contribution in [0.1, 0.15) is 48.9 Å². The molecule has 5 aromatic rings. The molecule has 43 heavy (non-hydrogen) atoms. The molecule has 4 aromatic carbocycles. The molecule has 5 rings (SSSR count). The van der Waals surface area contributed by atoms with Crippen LogP contribution in [0.2, 0.25) is 0 Å². The first kappa shape index (κ1) is 31.1. The molecule has 0 aliphatic carbocycles. The fraction of sp³-hybridized carbons (Fsp3) is 0.206. The molecule has 0 unspecified atom stereocenters. The van der Waals surface area contributed by atoms with Crippen molar-refractivity contribution < 1.29 is 13.9 Å². The standard InChI is InChI=1S/C34H30FI2N3O3/c1-5-42-31-14-21(4)27(17-26(31)20(2)3)33-39-30-9-7-6-8-25(30)34(41)40(33)38-18-23-15-28(36)32(29(37)16-23)43-19-22-10-12-24(35)13-11-22/h6-18,20H,5,19H2,1-4H3. The van der Waals surface area contributed by atoms with Crippen molar-refractivity contribution in [1.82, 2.24) is 9.66 Å². The van der Waals surface area contributed by atoms with Gasteiger partial charge in [0.2, 0.25) is 0 Å². The Bertz CT molecular complexity index is 1860.